The second-order valence-electron chi connectivity index (χ2n) is 5.64. The standard InChI is InChI=1S/C19H16FN3O2/c20-14-8-6-12(7-9-14)11-16(18(21)24)23-19(25)15-5-1-3-13-4-2-10-22-17(13)15/h1-10,16H,11H2,(H2,21,24)(H,23,25)/t16-/m1/s1. The summed E-state index contributed by atoms with van der Waals surface area (Å²) in [7, 11) is 0. The van der Waals surface area contributed by atoms with Gasteiger partial charge in [-0.15, -0.1) is 0 Å². The van der Waals surface area contributed by atoms with Gasteiger partial charge in [0.2, 0.25) is 5.91 Å². The molecule has 0 aliphatic heterocycles. The van der Waals surface area contributed by atoms with Gasteiger partial charge in [0.25, 0.3) is 5.91 Å². The molecule has 3 rings (SSSR count). The van der Waals surface area contributed by atoms with E-state index in [-0.39, 0.29) is 12.2 Å². The van der Waals surface area contributed by atoms with Gasteiger partial charge in [-0.2, -0.15) is 0 Å². The highest BCUT2D eigenvalue weighted by molar-refractivity contribution is 6.06. The molecule has 1 heterocycles. The first-order valence-corrected chi connectivity index (χ1v) is 7.73. The van der Waals surface area contributed by atoms with Crippen molar-refractivity contribution in [3.63, 3.8) is 0 Å². The van der Waals surface area contributed by atoms with E-state index < -0.39 is 17.9 Å². The molecule has 3 N–H and O–H groups in total. The van der Waals surface area contributed by atoms with Crippen LogP contribution >= 0.6 is 0 Å². The van der Waals surface area contributed by atoms with Crippen LogP contribution in [0.5, 0.6) is 0 Å². The molecule has 0 unspecified atom stereocenters. The number of hydrogen-bond donors (Lipinski definition) is 2. The fraction of sp³-hybridized carbons (Fsp3) is 0.105. The molecule has 0 bridgehead atoms. The van der Waals surface area contributed by atoms with Gasteiger partial charge < -0.3 is 11.1 Å². The summed E-state index contributed by atoms with van der Waals surface area (Å²) >= 11 is 0. The highest BCUT2D eigenvalue weighted by atomic mass is 19.1. The van der Waals surface area contributed by atoms with Crippen LogP contribution in [0.25, 0.3) is 10.9 Å². The van der Waals surface area contributed by atoms with Crippen molar-refractivity contribution in [2.24, 2.45) is 5.73 Å². The van der Waals surface area contributed by atoms with Crippen LogP contribution in [-0.4, -0.2) is 22.8 Å². The van der Waals surface area contributed by atoms with Crippen molar-refractivity contribution in [2.45, 2.75) is 12.5 Å². The predicted octanol–water partition coefficient (Wildman–Crippen LogP) is 2.20. The number of amides is 2. The average Bonchev–Trinajstić information content (AvgIpc) is 2.62. The van der Waals surface area contributed by atoms with Crippen molar-refractivity contribution in [1.82, 2.24) is 10.3 Å². The Balaban J connectivity index is 1.83. The van der Waals surface area contributed by atoms with Gasteiger partial charge in [0.15, 0.2) is 0 Å². The Hall–Kier alpha value is -3.28. The van der Waals surface area contributed by atoms with Crippen molar-refractivity contribution in [3.05, 3.63) is 77.7 Å². The third-order valence-corrected chi connectivity index (χ3v) is 3.88. The maximum atomic E-state index is 13.0. The summed E-state index contributed by atoms with van der Waals surface area (Å²) in [4.78, 5) is 28.5. The van der Waals surface area contributed by atoms with Gasteiger partial charge >= 0.3 is 0 Å². The van der Waals surface area contributed by atoms with E-state index in [4.69, 9.17) is 5.73 Å². The number of rotatable bonds is 5. The SMILES string of the molecule is NC(=O)[C@@H](Cc1ccc(F)cc1)NC(=O)c1cccc2cccnc12. The number of nitrogens with two attached hydrogens (primary N) is 1. The monoisotopic (exact) mass is 337 g/mol. The predicted molar refractivity (Wildman–Crippen MR) is 92.3 cm³/mol. The molecule has 0 aliphatic rings. The van der Waals surface area contributed by atoms with Crippen molar-refractivity contribution in [1.29, 1.82) is 0 Å². The van der Waals surface area contributed by atoms with Crippen molar-refractivity contribution in [2.75, 3.05) is 0 Å². The van der Waals surface area contributed by atoms with E-state index in [1.54, 1.807) is 36.5 Å². The maximum absolute atomic E-state index is 13.0. The molecule has 6 heteroatoms. The van der Waals surface area contributed by atoms with Crippen LogP contribution in [0.1, 0.15) is 15.9 Å². The van der Waals surface area contributed by atoms with Crippen LogP contribution in [0.3, 0.4) is 0 Å². The van der Waals surface area contributed by atoms with Crippen LogP contribution in [0.15, 0.2) is 60.8 Å². The molecule has 1 aromatic heterocycles. The molecule has 0 saturated heterocycles. The maximum Gasteiger partial charge on any atom is 0.254 e. The number of para-hydroxylation sites is 1. The van der Waals surface area contributed by atoms with E-state index in [0.29, 0.717) is 16.6 Å². The Morgan fingerprint density at radius 2 is 1.80 bits per heavy atom. The van der Waals surface area contributed by atoms with Gasteiger partial charge in [0.05, 0.1) is 11.1 Å². The molecule has 2 aromatic carbocycles. The first-order valence-electron chi connectivity index (χ1n) is 7.73. The Morgan fingerprint density at radius 3 is 2.52 bits per heavy atom. The molecular formula is C19H16FN3O2. The molecule has 0 aliphatic carbocycles. The second-order valence-corrected chi connectivity index (χ2v) is 5.64. The Labute approximate surface area is 143 Å². The van der Waals surface area contributed by atoms with Crippen molar-refractivity contribution < 1.29 is 14.0 Å². The molecule has 0 radical (unpaired) electrons. The zero-order valence-corrected chi connectivity index (χ0v) is 13.3. The van der Waals surface area contributed by atoms with Gasteiger partial charge in [-0.3, -0.25) is 14.6 Å². The third kappa shape index (κ3) is 3.80. The van der Waals surface area contributed by atoms with Gasteiger partial charge in [-0.05, 0) is 29.8 Å². The van der Waals surface area contributed by atoms with E-state index in [1.807, 2.05) is 12.1 Å². The zero-order chi connectivity index (χ0) is 17.8. The molecule has 0 spiro atoms. The van der Waals surface area contributed by atoms with Gasteiger partial charge in [0, 0.05) is 18.0 Å². The molecular weight excluding hydrogens is 321 g/mol. The lowest BCUT2D eigenvalue weighted by atomic mass is 10.0. The molecule has 1 atom stereocenters. The smallest absolute Gasteiger partial charge is 0.254 e. The number of benzene rings is 2. The lowest BCUT2D eigenvalue weighted by molar-refractivity contribution is -0.119. The van der Waals surface area contributed by atoms with Gasteiger partial charge in [-0.1, -0.05) is 30.3 Å². The minimum atomic E-state index is -0.906. The summed E-state index contributed by atoms with van der Waals surface area (Å²) in [5, 5.41) is 3.46. The molecule has 2 amide bonds. The first kappa shape index (κ1) is 16.6. The quantitative estimate of drug-likeness (QED) is 0.748. The number of fused-ring (bicyclic) bond motifs is 1. The lowest BCUT2D eigenvalue weighted by Crippen LogP contribution is -2.45. The summed E-state index contributed by atoms with van der Waals surface area (Å²) in [5.41, 5.74) is 7.02. The Bertz CT molecular complexity index is 920. The van der Waals surface area contributed by atoms with Crippen LogP contribution in [-0.2, 0) is 11.2 Å². The molecule has 0 fully saturated rings. The number of pyridine rings is 1. The Morgan fingerprint density at radius 1 is 1.08 bits per heavy atom. The van der Waals surface area contributed by atoms with E-state index >= 15 is 0 Å². The van der Waals surface area contributed by atoms with E-state index in [2.05, 4.69) is 10.3 Å². The highest BCUT2D eigenvalue weighted by Crippen LogP contribution is 2.16. The number of carbonyl (C=O) groups excluding carboxylic acids is 2. The second kappa shape index (κ2) is 7.09. The van der Waals surface area contributed by atoms with Crippen LogP contribution in [0, 0.1) is 5.82 Å². The minimum absolute atomic E-state index is 0.180. The number of carbonyl (C=O) groups is 2. The molecule has 5 nitrogen and oxygen atoms in total. The summed E-state index contributed by atoms with van der Waals surface area (Å²) < 4.78 is 13.0. The van der Waals surface area contributed by atoms with Crippen molar-refractivity contribution in [3.8, 4) is 0 Å². The van der Waals surface area contributed by atoms with E-state index in [0.717, 1.165) is 5.39 Å². The lowest BCUT2D eigenvalue weighted by Gasteiger charge is -2.16. The number of nitrogens with zero attached hydrogens (tertiary/aromatic N) is 1. The number of aromatic nitrogens is 1. The average molecular weight is 337 g/mol. The number of nitrogens with one attached hydrogen (secondary N) is 1. The Kier molecular flexibility index (Phi) is 4.70. The number of hydrogen-bond acceptors (Lipinski definition) is 3. The first-order chi connectivity index (χ1) is 12.0. The van der Waals surface area contributed by atoms with Crippen molar-refractivity contribution >= 4 is 22.7 Å². The fourth-order valence-corrected chi connectivity index (χ4v) is 2.60. The molecule has 0 saturated carbocycles. The largest absolute Gasteiger partial charge is 0.368 e. The fourth-order valence-electron chi connectivity index (χ4n) is 2.60. The normalized spacial score (nSPS) is 11.9. The minimum Gasteiger partial charge on any atom is -0.368 e. The summed E-state index contributed by atoms with van der Waals surface area (Å²) in [6.45, 7) is 0. The summed E-state index contributed by atoms with van der Waals surface area (Å²) in [6.07, 6.45) is 1.78. The number of halogens is 1. The van der Waals surface area contributed by atoms with Crippen LogP contribution in [0.4, 0.5) is 4.39 Å². The third-order valence-electron chi connectivity index (χ3n) is 3.88. The summed E-state index contributed by atoms with van der Waals surface area (Å²) in [6, 6.07) is 13.7. The van der Waals surface area contributed by atoms with E-state index in [9.17, 15) is 14.0 Å². The van der Waals surface area contributed by atoms with Crippen LogP contribution in [0.2, 0.25) is 0 Å². The number of primary amides is 1. The highest BCUT2D eigenvalue weighted by Gasteiger charge is 2.21. The molecule has 126 valence electrons. The zero-order valence-electron chi connectivity index (χ0n) is 13.3. The topological polar surface area (TPSA) is 85.1 Å². The molecule has 3 aromatic rings. The van der Waals surface area contributed by atoms with Gasteiger partial charge in [-0.25, -0.2) is 4.39 Å². The summed E-state index contributed by atoms with van der Waals surface area (Å²) in [5.74, 6) is -1.47. The van der Waals surface area contributed by atoms with E-state index in [1.165, 1.54) is 12.1 Å². The van der Waals surface area contributed by atoms with Crippen LogP contribution < -0.4 is 11.1 Å². The van der Waals surface area contributed by atoms with Gasteiger partial charge in [0.1, 0.15) is 11.9 Å². The molecule has 25 heavy (non-hydrogen) atoms.